The summed E-state index contributed by atoms with van der Waals surface area (Å²) in [5, 5.41) is 3.51. The number of nitrogens with zero attached hydrogens (tertiary/aromatic N) is 1. The summed E-state index contributed by atoms with van der Waals surface area (Å²) in [5.74, 6) is 0. The minimum absolute atomic E-state index is 0.00870. The average Bonchev–Trinajstić information content (AvgIpc) is 2.47. The minimum Gasteiger partial charge on any atom is -0.288 e. The Kier molecular flexibility index (Phi) is 3.12. The van der Waals surface area contributed by atoms with Crippen LogP contribution < -0.4 is 5.56 Å². The van der Waals surface area contributed by atoms with Crippen molar-refractivity contribution in [3.63, 3.8) is 0 Å². The standard InChI is InChI=1S/C9H10N2O.C2H6/c1-6-4-3-5-7-8(6)9(12)10-11(7)2;1-2/h3-5H,1-2H3,(H,10,12);1-2H3. The number of fused-ring (bicyclic) bond motifs is 1. The van der Waals surface area contributed by atoms with E-state index in [0.29, 0.717) is 0 Å². The third-order valence-electron chi connectivity index (χ3n) is 2.11. The van der Waals surface area contributed by atoms with Crippen molar-refractivity contribution in [2.45, 2.75) is 20.8 Å². The largest absolute Gasteiger partial charge is 0.288 e. The highest BCUT2D eigenvalue weighted by Crippen LogP contribution is 2.12. The van der Waals surface area contributed by atoms with Crippen LogP contribution in [-0.4, -0.2) is 9.78 Å². The number of H-pyrrole nitrogens is 1. The molecule has 1 aromatic carbocycles. The number of aromatic nitrogens is 2. The van der Waals surface area contributed by atoms with Gasteiger partial charge in [0.05, 0.1) is 10.9 Å². The lowest BCUT2D eigenvalue weighted by atomic mass is 10.1. The Morgan fingerprint density at radius 1 is 1.29 bits per heavy atom. The third-order valence-corrected chi connectivity index (χ3v) is 2.11. The number of rotatable bonds is 0. The lowest BCUT2D eigenvalue weighted by Gasteiger charge is -1.94. The van der Waals surface area contributed by atoms with Gasteiger partial charge >= 0.3 is 0 Å². The van der Waals surface area contributed by atoms with Gasteiger partial charge in [0.2, 0.25) is 0 Å². The maximum absolute atomic E-state index is 11.3. The Hall–Kier alpha value is -1.51. The molecule has 1 heterocycles. The van der Waals surface area contributed by atoms with Crippen LogP contribution in [-0.2, 0) is 7.05 Å². The first-order valence-corrected chi connectivity index (χ1v) is 4.84. The number of aromatic amines is 1. The smallest absolute Gasteiger partial charge is 0.272 e. The molecule has 0 fully saturated rings. The van der Waals surface area contributed by atoms with Gasteiger partial charge in [0, 0.05) is 7.05 Å². The van der Waals surface area contributed by atoms with E-state index in [1.807, 2.05) is 46.0 Å². The molecule has 0 saturated heterocycles. The molecule has 0 aliphatic heterocycles. The molecule has 1 N–H and O–H groups in total. The van der Waals surface area contributed by atoms with Gasteiger partial charge in [0.1, 0.15) is 0 Å². The van der Waals surface area contributed by atoms with Gasteiger partial charge in [0.15, 0.2) is 0 Å². The van der Waals surface area contributed by atoms with Gasteiger partial charge in [-0.15, -0.1) is 0 Å². The van der Waals surface area contributed by atoms with E-state index < -0.39 is 0 Å². The molecular weight excluding hydrogens is 176 g/mol. The highest BCUT2D eigenvalue weighted by atomic mass is 16.1. The fourth-order valence-electron chi connectivity index (χ4n) is 1.50. The molecule has 3 nitrogen and oxygen atoms in total. The Morgan fingerprint density at radius 3 is 2.50 bits per heavy atom. The molecule has 0 saturated carbocycles. The lowest BCUT2D eigenvalue weighted by molar-refractivity contribution is 0.783. The van der Waals surface area contributed by atoms with E-state index in [9.17, 15) is 4.79 Å². The quantitative estimate of drug-likeness (QED) is 0.682. The maximum atomic E-state index is 11.3. The van der Waals surface area contributed by atoms with Gasteiger partial charge in [-0.2, -0.15) is 0 Å². The van der Waals surface area contributed by atoms with Gasteiger partial charge in [-0.3, -0.25) is 14.6 Å². The molecule has 76 valence electrons. The van der Waals surface area contributed by atoms with Gasteiger partial charge in [-0.05, 0) is 18.6 Å². The van der Waals surface area contributed by atoms with Crippen LogP contribution in [0.2, 0.25) is 0 Å². The highest BCUT2D eigenvalue weighted by molar-refractivity contribution is 5.81. The molecule has 0 unspecified atom stereocenters. The molecule has 1 aromatic heterocycles. The second-order valence-electron chi connectivity index (χ2n) is 2.97. The van der Waals surface area contributed by atoms with Crippen LogP contribution in [0.3, 0.4) is 0 Å². The van der Waals surface area contributed by atoms with Crippen molar-refractivity contribution in [3.8, 4) is 0 Å². The van der Waals surface area contributed by atoms with Gasteiger partial charge in [-0.1, -0.05) is 26.0 Å². The van der Waals surface area contributed by atoms with Gasteiger partial charge < -0.3 is 0 Å². The SMILES string of the molecule is CC.Cc1cccc2c1c(=O)[nH]n2C. The summed E-state index contributed by atoms with van der Waals surface area (Å²) >= 11 is 0. The average molecular weight is 192 g/mol. The second kappa shape index (κ2) is 4.13. The number of hydrogen-bond acceptors (Lipinski definition) is 1. The van der Waals surface area contributed by atoms with Crippen LogP contribution in [0.4, 0.5) is 0 Å². The summed E-state index contributed by atoms with van der Waals surface area (Å²) in [6.07, 6.45) is 0. The van der Waals surface area contributed by atoms with Crippen molar-refractivity contribution in [2.75, 3.05) is 0 Å². The molecule has 14 heavy (non-hydrogen) atoms. The summed E-state index contributed by atoms with van der Waals surface area (Å²) in [5.41, 5.74) is 1.97. The summed E-state index contributed by atoms with van der Waals surface area (Å²) < 4.78 is 1.74. The first-order valence-electron chi connectivity index (χ1n) is 4.84. The first kappa shape index (κ1) is 10.6. The molecule has 2 aromatic rings. The van der Waals surface area contributed by atoms with E-state index >= 15 is 0 Å². The van der Waals surface area contributed by atoms with Crippen LogP contribution in [0, 0.1) is 6.92 Å². The summed E-state index contributed by atoms with van der Waals surface area (Å²) in [7, 11) is 1.84. The number of nitrogens with one attached hydrogen (secondary N) is 1. The number of aryl methyl sites for hydroxylation is 2. The predicted molar refractivity (Wildman–Crippen MR) is 59.6 cm³/mol. The van der Waals surface area contributed by atoms with Crippen molar-refractivity contribution in [1.82, 2.24) is 9.78 Å². The maximum Gasteiger partial charge on any atom is 0.272 e. The Morgan fingerprint density at radius 2 is 1.93 bits per heavy atom. The lowest BCUT2D eigenvalue weighted by Crippen LogP contribution is -2.01. The normalized spacial score (nSPS) is 9.71. The highest BCUT2D eigenvalue weighted by Gasteiger charge is 2.04. The zero-order valence-corrected chi connectivity index (χ0v) is 9.09. The molecule has 2 rings (SSSR count). The van der Waals surface area contributed by atoms with E-state index in [-0.39, 0.29) is 5.56 Å². The predicted octanol–water partition coefficient (Wildman–Crippen LogP) is 2.20. The molecule has 0 aliphatic carbocycles. The van der Waals surface area contributed by atoms with Crippen molar-refractivity contribution >= 4 is 10.9 Å². The molecular formula is C11H16N2O. The van der Waals surface area contributed by atoms with Crippen LogP contribution >= 0.6 is 0 Å². The Labute approximate surface area is 83.3 Å². The molecule has 0 spiro atoms. The molecule has 0 amide bonds. The van der Waals surface area contributed by atoms with Crippen molar-refractivity contribution < 1.29 is 0 Å². The summed E-state index contributed by atoms with van der Waals surface area (Å²) in [4.78, 5) is 11.3. The van der Waals surface area contributed by atoms with E-state index in [2.05, 4.69) is 5.10 Å². The Bertz CT molecular complexity index is 479. The van der Waals surface area contributed by atoms with E-state index in [4.69, 9.17) is 0 Å². The van der Waals surface area contributed by atoms with E-state index in [1.54, 1.807) is 4.68 Å². The monoisotopic (exact) mass is 192 g/mol. The van der Waals surface area contributed by atoms with Crippen LogP contribution in [0.5, 0.6) is 0 Å². The van der Waals surface area contributed by atoms with Crippen LogP contribution in [0.15, 0.2) is 23.0 Å². The zero-order valence-electron chi connectivity index (χ0n) is 9.09. The van der Waals surface area contributed by atoms with Crippen LogP contribution in [0.1, 0.15) is 19.4 Å². The molecule has 3 heteroatoms. The minimum atomic E-state index is -0.00870. The molecule has 0 radical (unpaired) electrons. The first-order chi connectivity index (χ1) is 6.70. The fourth-order valence-corrected chi connectivity index (χ4v) is 1.50. The zero-order chi connectivity index (χ0) is 10.7. The van der Waals surface area contributed by atoms with Crippen molar-refractivity contribution in [2.24, 2.45) is 7.05 Å². The van der Waals surface area contributed by atoms with Gasteiger partial charge in [0.25, 0.3) is 5.56 Å². The Balaban J connectivity index is 0.000000461. The van der Waals surface area contributed by atoms with E-state index in [1.165, 1.54) is 0 Å². The summed E-state index contributed by atoms with van der Waals surface area (Å²) in [6.45, 7) is 5.94. The van der Waals surface area contributed by atoms with Crippen LogP contribution in [0.25, 0.3) is 10.9 Å². The number of hydrogen-bond donors (Lipinski definition) is 1. The third kappa shape index (κ3) is 1.58. The summed E-state index contributed by atoms with van der Waals surface area (Å²) in [6, 6.07) is 5.82. The molecule has 0 bridgehead atoms. The molecule has 0 aliphatic rings. The fraction of sp³-hybridized carbons (Fsp3) is 0.364. The van der Waals surface area contributed by atoms with Crippen molar-refractivity contribution in [1.29, 1.82) is 0 Å². The molecule has 0 atom stereocenters. The van der Waals surface area contributed by atoms with Gasteiger partial charge in [-0.25, -0.2) is 0 Å². The van der Waals surface area contributed by atoms with E-state index in [0.717, 1.165) is 16.5 Å². The number of benzene rings is 1. The van der Waals surface area contributed by atoms with Crippen molar-refractivity contribution in [3.05, 3.63) is 34.1 Å². The topological polar surface area (TPSA) is 37.8 Å². The second-order valence-corrected chi connectivity index (χ2v) is 2.97.